The van der Waals surface area contributed by atoms with Gasteiger partial charge in [0.25, 0.3) is 0 Å². The standard InChI is InChI=1S/C12H20BrClN2/c1-7(2)10(8(3)13)6-11-12(14)9(4)15-16(11)5/h7-8,10H,6H2,1-5H3. The Labute approximate surface area is 111 Å². The van der Waals surface area contributed by atoms with Crippen molar-refractivity contribution < 1.29 is 0 Å². The molecule has 1 rings (SSSR count). The monoisotopic (exact) mass is 306 g/mol. The fourth-order valence-electron chi connectivity index (χ4n) is 2.05. The summed E-state index contributed by atoms with van der Waals surface area (Å²) in [5.41, 5.74) is 2.06. The Balaban J connectivity index is 2.93. The quantitative estimate of drug-likeness (QED) is 0.769. The van der Waals surface area contributed by atoms with Gasteiger partial charge in [0.2, 0.25) is 0 Å². The number of alkyl halides is 1. The van der Waals surface area contributed by atoms with Gasteiger partial charge >= 0.3 is 0 Å². The molecular weight excluding hydrogens is 288 g/mol. The molecule has 0 spiro atoms. The van der Waals surface area contributed by atoms with Gasteiger partial charge < -0.3 is 0 Å². The van der Waals surface area contributed by atoms with Crippen LogP contribution in [0.4, 0.5) is 0 Å². The highest BCUT2D eigenvalue weighted by atomic mass is 79.9. The first-order valence-corrected chi connectivity index (χ1v) is 6.96. The second-order valence-corrected chi connectivity index (χ2v) is 6.58. The van der Waals surface area contributed by atoms with Crippen molar-refractivity contribution in [2.75, 3.05) is 0 Å². The largest absolute Gasteiger partial charge is 0.271 e. The topological polar surface area (TPSA) is 17.8 Å². The molecule has 1 aromatic rings. The molecule has 0 amide bonds. The summed E-state index contributed by atoms with van der Waals surface area (Å²) in [6, 6.07) is 0. The Bertz CT molecular complexity index is 350. The first-order valence-electron chi connectivity index (χ1n) is 5.66. The van der Waals surface area contributed by atoms with Crippen LogP contribution in [0.5, 0.6) is 0 Å². The molecule has 16 heavy (non-hydrogen) atoms. The second kappa shape index (κ2) is 5.54. The van der Waals surface area contributed by atoms with E-state index >= 15 is 0 Å². The SMILES string of the molecule is Cc1nn(C)c(CC(C(C)C)C(C)Br)c1Cl. The van der Waals surface area contributed by atoms with Crippen LogP contribution in [-0.4, -0.2) is 14.6 Å². The lowest BCUT2D eigenvalue weighted by Gasteiger charge is -2.23. The number of hydrogen-bond donors (Lipinski definition) is 0. The first kappa shape index (κ1) is 14.0. The van der Waals surface area contributed by atoms with E-state index in [4.69, 9.17) is 11.6 Å². The number of nitrogens with zero attached hydrogens (tertiary/aromatic N) is 2. The average molecular weight is 308 g/mol. The van der Waals surface area contributed by atoms with Gasteiger partial charge in [0.1, 0.15) is 0 Å². The van der Waals surface area contributed by atoms with Crippen molar-refractivity contribution in [3.8, 4) is 0 Å². The van der Waals surface area contributed by atoms with Gasteiger partial charge in [0.05, 0.1) is 16.4 Å². The van der Waals surface area contributed by atoms with Crippen LogP contribution in [0.15, 0.2) is 0 Å². The third-order valence-corrected chi connectivity index (χ3v) is 4.31. The van der Waals surface area contributed by atoms with Crippen LogP contribution in [0.1, 0.15) is 32.2 Å². The molecule has 2 atom stereocenters. The van der Waals surface area contributed by atoms with Crippen molar-refractivity contribution in [1.29, 1.82) is 0 Å². The fourth-order valence-corrected chi connectivity index (χ4v) is 3.09. The molecule has 2 unspecified atom stereocenters. The van der Waals surface area contributed by atoms with Crippen LogP contribution >= 0.6 is 27.5 Å². The van der Waals surface area contributed by atoms with Crippen molar-refractivity contribution in [1.82, 2.24) is 9.78 Å². The highest BCUT2D eigenvalue weighted by Gasteiger charge is 2.23. The van der Waals surface area contributed by atoms with E-state index in [-0.39, 0.29) is 0 Å². The molecule has 0 aliphatic rings. The van der Waals surface area contributed by atoms with Gasteiger partial charge in [-0.2, -0.15) is 5.10 Å². The normalized spacial score (nSPS) is 15.5. The summed E-state index contributed by atoms with van der Waals surface area (Å²) in [5.74, 6) is 1.20. The van der Waals surface area contributed by atoms with Crippen LogP contribution < -0.4 is 0 Å². The number of aryl methyl sites for hydroxylation is 2. The first-order chi connectivity index (χ1) is 7.34. The molecule has 0 saturated carbocycles. The Morgan fingerprint density at radius 2 is 1.94 bits per heavy atom. The Kier molecular flexibility index (Phi) is 4.87. The molecular formula is C12H20BrClN2. The predicted molar refractivity (Wildman–Crippen MR) is 73.4 cm³/mol. The molecule has 92 valence electrons. The summed E-state index contributed by atoms with van der Waals surface area (Å²) in [6.07, 6.45) is 0.972. The van der Waals surface area contributed by atoms with Gasteiger partial charge in [0, 0.05) is 11.9 Å². The molecule has 0 saturated heterocycles. The van der Waals surface area contributed by atoms with Gasteiger partial charge in [-0.3, -0.25) is 4.68 Å². The fraction of sp³-hybridized carbons (Fsp3) is 0.750. The summed E-state index contributed by atoms with van der Waals surface area (Å²) in [5, 5.41) is 5.17. The summed E-state index contributed by atoms with van der Waals surface area (Å²) in [4.78, 5) is 0.485. The summed E-state index contributed by atoms with van der Waals surface area (Å²) < 4.78 is 1.91. The van der Waals surface area contributed by atoms with Crippen molar-refractivity contribution >= 4 is 27.5 Å². The van der Waals surface area contributed by atoms with Crippen LogP contribution in [0.25, 0.3) is 0 Å². The van der Waals surface area contributed by atoms with E-state index in [1.54, 1.807) is 0 Å². The van der Waals surface area contributed by atoms with Gasteiger partial charge in [-0.05, 0) is 25.2 Å². The maximum atomic E-state index is 6.27. The van der Waals surface area contributed by atoms with Gasteiger partial charge in [-0.1, -0.05) is 48.3 Å². The van der Waals surface area contributed by atoms with Gasteiger partial charge in [-0.25, -0.2) is 0 Å². The summed E-state index contributed by atoms with van der Waals surface area (Å²) >= 11 is 9.95. The molecule has 2 nitrogen and oxygen atoms in total. The molecule has 0 fully saturated rings. The molecule has 4 heteroatoms. The Hall–Kier alpha value is -0.0200. The van der Waals surface area contributed by atoms with Crippen LogP contribution in [0.2, 0.25) is 5.02 Å². The number of hydrogen-bond acceptors (Lipinski definition) is 1. The second-order valence-electron chi connectivity index (χ2n) is 4.76. The number of halogens is 2. The van der Waals surface area contributed by atoms with E-state index in [1.165, 1.54) is 0 Å². The molecule has 0 aliphatic heterocycles. The molecule has 1 heterocycles. The van der Waals surface area contributed by atoms with Crippen LogP contribution in [-0.2, 0) is 13.5 Å². The molecule has 0 aliphatic carbocycles. The lowest BCUT2D eigenvalue weighted by molar-refractivity contribution is 0.375. The summed E-state index contributed by atoms with van der Waals surface area (Å²) in [6.45, 7) is 8.65. The minimum atomic E-state index is 0.485. The van der Waals surface area contributed by atoms with Crippen LogP contribution in [0, 0.1) is 18.8 Å². The maximum absolute atomic E-state index is 6.27. The average Bonchev–Trinajstić information content (AvgIpc) is 2.38. The van der Waals surface area contributed by atoms with Gasteiger partial charge in [-0.15, -0.1) is 0 Å². The Morgan fingerprint density at radius 3 is 2.25 bits per heavy atom. The van der Waals surface area contributed by atoms with E-state index < -0.39 is 0 Å². The van der Waals surface area contributed by atoms with Crippen molar-refractivity contribution in [2.45, 2.75) is 38.9 Å². The zero-order valence-electron chi connectivity index (χ0n) is 10.6. The third kappa shape index (κ3) is 3.01. The molecule has 0 N–H and O–H groups in total. The minimum Gasteiger partial charge on any atom is -0.271 e. The van der Waals surface area contributed by atoms with Crippen LogP contribution in [0.3, 0.4) is 0 Å². The molecule has 0 radical (unpaired) electrons. The maximum Gasteiger partial charge on any atom is 0.0847 e. The highest BCUT2D eigenvalue weighted by molar-refractivity contribution is 9.09. The lowest BCUT2D eigenvalue weighted by atomic mass is 9.89. The molecule has 0 bridgehead atoms. The smallest absolute Gasteiger partial charge is 0.0847 e. The van der Waals surface area contributed by atoms with E-state index in [1.807, 2.05) is 18.7 Å². The number of rotatable bonds is 4. The van der Waals surface area contributed by atoms with Crippen molar-refractivity contribution in [3.05, 3.63) is 16.4 Å². The lowest BCUT2D eigenvalue weighted by Crippen LogP contribution is -2.21. The minimum absolute atomic E-state index is 0.485. The van der Waals surface area contributed by atoms with Crippen molar-refractivity contribution in [2.24, 2.45) is 18.9 Å². The predicted octanol–water partition coefficient (Wildman–Crippen LogP) is 3.98. The molecule has 0 aromatic carbocycles. The number of aromatic nitrogens is 2. The van der Waals surface area contributed by atoms with Crippen molar-refractivity contribution in [3.63, 3.8) is 0 Å². The molecule has 1 aromatic heterocycles. The van der Waals surface area contributed by atoms with E-state index in [0.29, 0.717) is 16.7 Å². The third-order valence-electron chi connectivity index (χ3n) is 3.14. The summed E-state index contributed by atoms with van der Waals surface area (Å²) in [7, 11) is 1.96. The zero-order valence-corrected chi connectivity index (χ0v) is 12.9. The Morgan fingerprint density at radius 1 is 1.38 bits per heavy atom. The van der Waals surface area contributed by atoms with E-state index in [2.05, 4.69) is 41.8 Å². The highest BCUT2D eigenvalue weighted by Crippen LogP contribution is 2.29. The van der Waals surface area contributed by atoms with E-state index in [0.717, 1.165) is 22.8 Å². The van der Waals surface area contributed by atoms with Gasteiger partial charge in [0.15, 0.2) is 0 Å². The zero-order chi connectivity index (χ0) is 12.5. The van der Waals surface area contributed by atoms with E-state index in [9.17, 15) is 0 Å².